The van der Waals surface area contributed by atoms with E-state index in [-0.39, 0.29) is 23.8 Å². The quantitative estimate of drug-likeness (QED) is 0.287. The van der Waals surface area contributed by atoms with Crippen LogP contribution in [0.25, 0.3) is 16.9 Å². The van der Waals surface area contributed by atoms with Gasteiger partial charge in [0.25, 0.3) is 0 Å². The topological polar surface area (TPSA) is 98.5 Å². The van der Waals surface area contributed by atoms with E-state index in [4.69, 9.17) is 14.6 Å². The lowest BCUT2D eigenvalue weighted by Gasteiger charge is -2.21. The molecule has 0 unspecified atom stereocenters. The summed E-state index contributed by atoms with van der Waals surface area (Å²) < 4.78 is 27.6. The number of aromatic nitrogens is 4. The van der Waals surface area contributed by atoms with Crippen LogP contribution < -0.4 is 10.6 Å². The van der Waals surface area contributed by atoms with E-state index in [1.54, 1.807) is 37.2 Å². The number of halogens is 1. The molecular weight excluding hydrogens is 525 g/mol. The molecule has 1 aliphatic heterocycles. The Kier molecular flexibility index (Phi) is 9.07. The summed E-state index contributed by atoms with van der Waals surface area (Å²) in [5.41, 5.74) is 4.19. The normalized spacial score (nSPS) is 17.2. The maximum Gasteiger partial charge on any atom is 0.320 e. The highest BCUT2D eigenvalue weighted by molar-refractivity contribution is 5.91. The van der Waals surface area contributed by atoms with Crippen LogP contribution in [0.1, 0.15) is 17.0 Å². The van der Waals surface area contributed by atoms with E-state index in [1.807, 2.05) is 48.1 Å². The van der Waals surface area contributed by atoms with Crippen molar-refractivity contribution >= 4 is 11.8 Å². The van der Waals surface area contributed by atoms with Crippen molar-refractivity contribution in [2.45, 2.75) is 25.4 Å². The van der Waals surface area contributed by atoms with Gasteiger partial charge in [-0.3, -0.25) is 14.9 Å². The van der Waals surface area contributed by atoms with Gasteiger partial charge in [0, 0.05) is 57.1 Å². The zero-order chi connectivity index (χ0) is 28.8. The maximum absolute atomic E-state index is 13.6. The molecule has 0 aliphatic carbocycles. The van der Waals surface area contributed by atoms with Crippen molar-refractivity contribution in [1.82, 2.24) is 29.8 Å². The van der Waals surface area contributed by atoms with Gasteiger partial charge in [0.1, 0.15) is 17.3 Å². The van der Waals surface area contributed by atoms with Crippen LogP contribution in [0.15, 0.2) is 67.0 Å². The van der Waals surface area contributed by atoms with Crippen LogP contribution in [0.3, 0.4) is 0 Å². The fourth-order valence-corrected chi connectivity index (χ4v) is 5.26. The number of carbonyl (C=O) groups is 1. The van der Waals surface area contributed by atoms with E-state index in [1.165, 1.54) is 12.1 Å². The molecule has 0 radical (unpaired) electrons. The molecule has 11 heteroatoms. The van der Waals surface area contributed by atoms with Crippen LogP contribution >= 0.6 is 0 Å². The molecule has 0 bridgehead atoms. The third kappa shape index (κ3) is 6.64. The smallest absolute Gasteiger partial charge is 0.320 e. The summed E-state index contributed by atoms with van der Waals surface area (Å²) in [5.74, 6) is 0.294. The standard InChI is InChI=1S/C30H36FN7O3/c1-21-28(23-17-32-37(18-23)14-16-41-3)35-38(25-7-5-4-6-8-25)29(21)34-30(39)33-27-20-36(13-15-40-2)19-26(27)22-9-11-24(31)12-10-22/h4-12,17-18,26-27H,13-16,19-20H2,1-3H3,(H2,33,34,39)/t26-,27+/m0/s1. The SMILES string of the molecule is COCCN1C[C@@H](NC(=O)Nc2c(C)c(-c3cnn(CCOC)c3)nn2-c2ccccc2)[C@H](c2ccc(F)cc2)C1. The van der Waals surface area contributed by atoms with Gasteiger partial charge in [-0.15, -0.1) is 0 Å². The molecule has 1 aliphatic rings. The number of rotatable bonds is 11. The van der Waals surface area contributed by atoms with E-state index in [0.717, 1.165) is 41.2 Å². The molecule has 0 saturated carbocycles. The molecule has 2 amide bonds. The molecule has 216 valence electrons. The summed E-state index contributed by atoms with van der Waals surface area (Å²) >= 11 is 0. The number of nitrogens with zero attached hydrogens (tertiary/aromatic N) is 5. The highest BCUT2D eigenvalue weighted by Crippen LogP contribution is 2.31. The summed E-state index contributed by atoms with van der Waals surface area (Å²) in [6.07, 6.45) is 3.69. The largest absolute Gasteiger partial charge is 0.383 e. The monoisotopic (exact) mass is 561 g/mol. The molecule has 2 aromatic heterocycles. The number of urea groups is 1. The van der Waals surface area contributed by atoms with Crippen molar-refractivity contribution in [2.24, 2.45) is 0 Å². The number of amides is 2. The molecular formula is C30H36FN7O3. The average molecular weight is 562 g/mol. The number of methoxy groups -OCH3 is 2. The Morgan fingerprint density at radius 3 is 2.49 bits per heavy atom. The third-order valence-corrected chi connectivity index (χ3v) is 7.41. The first kappa shape index (κ1) is 28.5. The van der Waals surface area contributed by atoms with Gasteiger partial charge in [-0.2, -0.15) is 10.2 Å². The predicted molar refractivity (Wildman–Crippen MR) is 155 cm³/mol. The molecule has 1 saturated heterocycles. The zero-order valence-corrected chi connectivity index (χ0v) is 23.6. The lowest BCUT2D eigenvalue weighted by atomic mass is 9.94. The van der Waals surface area contributed by atoms with Crippen molar-refractivity contribution in [3.63, 3.8) is 0 Å². The zero-order valence-electron chi connectivity index (χ0n) is 23.6. The van der Waals surface area contributed by atoms with E-state index >= 15 is 0 Å². The van der Waals surface area contributed by atoms with Crippen LogP contribution in [0.2, 0.25) is 0 Å². The minimum atomic E-state index is -0.335. The van der Waals surface area contributed by atoms with Crippen molar-refractivity contribution in [3.05, 3.63) is 83.9 Å². The van der Waals surface area contributed by atoms with Gasteiger partial charge in [0.05, 0.1) is 37.7 Å². The summed E-state index contributed by atoms with van der Waals surface area (Å²) in [4.78, 5) is 15.8. The van der Waals surface area contributed by atoms with Gasteiger partial charge in [0.15, 0.2) is 0 Å². The molecule has 2 atom stereocenters. The van der Waals surface area contributed by atoms with Crippen LogP contribution in [0, 0.1) is 12.7 Å². The minimum absolute atomic E-state index is 0.00633. The average Bonchev–Trinajstić information content (AvgIpc) is 3.69. The van der Waals surface area contributed by atoms with Gasteiger partial charge in [-0.05, 0) is 36.8 Å². The van der Waals surface area contributed by atoms with Crippen molar-refractivity contribution in [1.29, 1.82) is 0 Å². The fourth-order valence-electron chi connectivity index (χ4n) is 5.26. The number of nitrogens with one attached hydrogen (secondary N) is 2. The van der Waals surface area contributed by atoms with Gasteiger partial charge >= 0.3 is 6.03 Å². The number of carbonyl (C=O) groups excluding carboxylic acids is 1. The first-order valence-electron chi connectivity index (χ1n) is 13.7. The Balaban J connectivity index is 1.40. The fraction of sp³-hybridized carbons (Fsp3) is 0.367. The highest BCUT2D eigenvalue weighted by Gasteiger charge is 2.35. The van der Waals surface area contributed by atoms with Gasteiger partial charge in [0.2, 0.25) is 0 Å². The Morgan fingerprint density at radius 2 is 1.76 bits per heavy atom. The first-order chi connectivity index (χ1) is 20.0. The number of anilines is 1. The molecule has 5 rings (SSSR count). The van der Waals surface area contributed by atoms with Crippen LogP contribution in [-0.4, -0.2) is 83.6 Å². The Bertz CT molecular complexity index is 1440. The molecule has 41 heavy (non-hydrogen) atoms. The second-order valence-electron chi connectivity index (χ2n) is 10.2. The van der Waals surface area contributed by atoms with Crippen LogP contribution in [0.4, 0.5) is 15.0 Å². The second-order valence-corrected chi connectivity index (χ2v) is 10.2. The molecule has 3 heterocycles. The molecule has 10 nitrogen and oxygen atoms in total. The summed E-state index contributed by atoms with van der Waals surface area (Å²) in [6, 6.07) is 15.7. The minimum Gasteiger partial charge on any atom is -0.383 e. The van der Waals surface area contributed by atoms with Gasteiger partial charge < -0.3 is 14.8 Å². The predicted octanol–water partition coefficient (Wildman–Crippen LogP) is 4.07. The number of hydrogen-bond acceptors (Lipinski definition) is 6. The Labute approximate surface area is 239 Å². The Morgan fingerprint density at radius 1 is 1.02 bits per heavy atom. The molecule has 2 aromatic carbocycles. The highest BCUT2D eigenvalue weighted by atomic mass is 19.1. The van der Waals surface area contributed by atoms with Crippen molar-refractivity contribution in [2.75, 3.05) is 52.4 Å². The van der Waals surface area contributed by atoms with Crippen molar-refractivity contribution < 1.29 is 18.7 Å². The molecule has 2 N–H and O–H groups in total. The maximum atomic E-state index is 13.6. The van der Waals surface area contributed by atoms with Crippen molar-refractivity contribution in [3.8, 4) is 16.9 Å². The number of likely N-dealkylation sites (tertiary alicyclic amines) is 1. The molecule has 4 aromatic rings. The number of hydrogen-bond donors (Lipinski definition) is 2. The second kappa shape index (κ2) is 13.1. The molecule has 0 spiro atoms. The molecule has 1 fully saturated rings. The first-order valence-corrected chi connectivity index (χ1v) is 13.7. The summed E-state index contributed by atoms with van der Waals surface area (Å²) in [7, 11) is 3.33. The number of para-hydroxylation sites is 1. The van der Waals surface area contributed by atoms with Gasteiger partial charge in [-0.25, -0.2) is 13.9 Å². The number of ether oxygens (including phenoxy) is 2. The Hall–Kier alpha value is -4.06. The van der Waals surface area contributed by atoms with E-state index in [2.05, 4.69) is 20.6 Å². The van der Waals surface area contributed by atoms with E-state index < -0.39 is 0 Å². The lowest BCUT2D eigenvalue weighted by molar-refractivity contribution is 0.159. The van der Waals surface area contributed by atoms with Crippen LogP contribution in [-0.2, 0) is 16.0 Å². The van der Waals surface area contributed by atoms with Crippen LogP contribution in [0.5, 0.6) is 0 Å². The number of benzene rings is 2. The van der Waals surface area contributed by atoms with E-state index in [0.29, 0.717) is 32.1 Å². The van der Waals surface area contributed by atoms with E-state index in [9.17, 15) is 9.18 Å². The summed E-state index contributed by atoms with van der Waals surface area (Å²) in [5, 5.41) is 15.6. The summed E-state index contributed by atoms with van der Waals surface area (Å²) in [6.45, 7) is 5.84. The van der Waals surface area contributed by atoms with Gasteiger partial charge in [-0.1, -0.05) is 30.3 Å². The lowest BCUT2D eigenvalue weighted by Crippen LogP contribution is -2.42. The third-order valence-electron chi connectivity index (χ3n) is 7.41.